The fourth-order valence-corrected chi connectivity index (χ4v) is 9.75. The number of likely N-dealkylation sites (N-methyl/N-ethyl adjacent to an activating group) is 1. The zero-order valence-corrected chi connectivity index (χ0v) is 54.6. The average molecular weight is 1160 g/mol. The van der Waals surface area contributed by atoms with Crippen LogP contribution < -0.4 is 5.32 Å². The van der Waals surface area contributed by atoms with E-state index in [-0.39, 0.29) is 31.5 Å². The molecular weight excluding hydrogens is 1040 g/mol. The van der Waals surface area contributed by atoms with Gasteiger partial charge in [-0.2, -0.15) is 0 Å². The molecule has 0 aliphatic rings. The molecule has 0 fully saturated rings. The van der Waals surface area contributed by atoms with Gasteiger partial charge < -0.3 is 19.4 Å². The predicted octanol–water partition coefficient (Wildman–Crippen LogP) is 21.1. The number of amides is 1. The van der Waals surface area contributed by atoms with Crippen LogP contribution in [0.5, 0.6) is 0 Å². The molecule has 10 heteroatoms. The minimum absolute atomic E-state index is 0.0257. The number of ether oxygens (including phenoxy) is 1. The number of hydrogen-bond donors (Lipinski definition) is 2. The second-order valence-corrected chi connectivity index (χ2v) is 24.7. The Morgan fingerprint density at radius 2 is 0.793 bits per heavy atom. The Morgan fingerprint density at radius 1 is 0.439 bits per heavy atom. The molecule has 0 spiro atoms. The average Bonchev–Trinajstić information content (AvgIpc) is 3.47. The largest absolute Gasteiger partial charge is 0.472 e. The van der Waals surface area contributed by atoms with Crippen LogP contribution in [-0.2, 0) is 27.9 Å². The lowest BCUT2D eigenvalue weighted by molar-refractivity contribution is -0.870. The molecule has 0 rings (SSSR count). The number of carbonyl (C=O) groups excluding carboxylic acids is 2. The first-order chi connectivity index (χ1) is 39.9. The standard InChI is InChI=1S/C72H125N2O7P/c1-7-10-13-16-19-22-25-28-30-32-33-34-35-36-37-38-39-40-41-43-44-46-49-52-55-58-61-64-71(75)73-69(68-80-82(77,78)79-67-66-74(4,5)6)70(63-60-57-54-51-48-27-24-21-18-15-12-9-3)81-72(76)65-62-59-56-53-50-47-45-42-31-29-26-23-20-17-14-11-8-2/h10,13,19-20,22-23,28-31,33-34,36-37,45,47,53,56,60,63,69-70H,7-9,11-12,14-18,21,24-27,32,35,38-44,46,48-52,54-55,57-59,61-62,64-68H2,1-6H3,(H-,73,75,77,78)/p+1/b13-10-,22-19-,23-20-,30-28-,31-29-,34-33-,37-36-,47-45-,56-53-,63-60-. The summed E-state index contributed by atoms with van der Waals surface area (Å²) in [7, 11) is 1.45. The summed E-state index contributed by atoms with van der Waals surface area (Å²) < 4.78 is 30.7. The van der Waals surface area contributed by atoms with E-state index in [1.54, 1.807) is 0 Å². The predicted molar refractivity (Wildman–Crippen MR) is 355 cm³/mol. The summed E-state index contributed by atoms with van der Waals surface area (Å²) in [5.74, 6) is -0.578. The Balaban J connectivity index is 5.17. The molecule has 1 amide bonds. The van der Waals surface area contributed by atoms with Crippen LogP contribution in [-0.4, -0.2) is 74.3 Å². The van der Waals surface area contributed by atoms with Gasteiger partial charge in [0.25, 0.3) is 0 Å². The highest BCUT2D eigenvalue weighted by atomic mass is 31.2. The molecule has 0 aliphatic carbocycles. The summed E-state index contributed by atoms with van der Waals surface area (Å²) in [6, 6.07) is -0.880. The Morgan fingerprint density at radius 3 is 1.22 bits per heavy atom. The summed E-state index contributed by atoms with van der Waals surface area (Å²) >= 11 is 0. The van der Waals surface area contributed by atoms with Crippen molar-refractivity contribution in [1.29, 1.82) is 0 Å². The minimum Gasteiger partial charge on any atom is -0.456 e. The number of nitrogens with zero attached hydrogens (tertiary/aromatic N) is 1. The number of rotatable bonds is 59. The van der Waals surface area contributed by atoms with E-state index in [0.29, 0.717) is 23.9 Å². The van der Waals surface area contributed by atoms with Crippen molar-refractivity contribution in [2.45, 2.75) is 283 Å². The van der Waals surface area contributed by atoms with Gasteiger partial charge in [0.2, 0.25) is 5.91 Å². The van der Waals surface area contributed by atoms with Crippen LogP contribution in [0.1, 0.15) is 271 Å². The van der Waals surface area contributed by atoms with Crippen LogP contribution in [0.4, 0.5) is 0 Å². The van der Waals surface area contributed by atoms with Crippen LogP contribution in [0.25, 0.3) is 0 Å². The van der Waals surface area contributed by atoms with Gasteiger partial charge in [0, 0.05) is 12.8 Å². The molecule has 0 aromatic heterocycles. The second kappa shape index (κ2) is 60.5. The summed E-state index contributed by atoms with van der Waals surface area (Å²) in [6.45, 7) is 6.83. The number of hydrogen-bond acceptors (Lipinski definition) is 6. The van der Waals surface area contributed by atoms with Gasteiger partial charge in [0.1, 0.15) is 19.3 Å². The lowest BCUT2D eigenvalue weighted by atomic mass is 10.0. The van der Waals surface area contributed by atoms with E-state index in [1.165, 1.54) is 122 Å². The summed E-state index contributed by atoms with van der Waals surface area (Å²) in [5, 5.41) is 3.05. The van der Waals surface area contributed by atoms with Crippen molar-refractivity contribution in [3.8, 4) is 0 Å². The quantitative estimate of drug-likeness (QED) is 0.0205. The van der Waals surface area contributed by atoms with Gasteiger partial charge in [-0.1, -0.05) is 265 Å². The third kappa shape index (κ3) is 61.0. The van der Waals surface area contributed by atoms with Gasteiger partial charge in [-0.3, -0.25) is 18.6 Å². The number of nitrogens with one attached hydrogen (secondary N) is 1. The van der Waals surface area contributed by atoms with Gasteiger partial charge in [0.15, 0.2) is 0 Å². The molecule has 0 bridgehead atoms. The Labute approximate surface area is 505 Å². The van der Waals surface area contributed by atoms with Gasteiger partial charge in [-0.25, -0.2) is 4.57 Å². The molecular formula is C72H126N2O7P+. The highest BCUT2D eigenvalue weighted by Crippen LogP contribution is 2.43. The van der Waals surface area contributed by atoms with Crippen molar-refractivity contribution in [2.75, 3.05) is 40.9 Å². The van der Waals surface area contributed by atoms with E-state index >= 15 is 0 Å². The molecule has 82 heavy (non-hydrogen) atoms. The third-order valence-electron chi connectivity index (χ3n) is 14.1. The lowest BCUT2D eigenvalue weighted by Gasteiger charge is -2.27. The van der Waals surface area contributed by atoms with E-state index in [4.69, 9.17) is 13.8 Å². The van der Waals surface area contributed by atoms with E-state index in [2.05, 4.69) is 135 Å². The van der Waals surface area contributed by atoms with Crippen molar-refractivity contribution < 1.29 is 37.3 Å². The molecule has 0 saturated carbocycles. The fourth-order valence-electron chi connectivity index (χ4n) is 9.02. The van der Waals surface area contributed by atoms with Crippen molar-refractivity contribution in [2.24, 2.45) is 0 Å². The highest BCUT2D eigenvalue weighted by Gasteiger charge is 2.30. The Bertz CT molecular complexity index is 1820. The number of unbranched alkanes of at least 4 members (excludes halogenated alkanes) is 25. The normalized spacial score (nSPS) is 14.4. The molecule has 0 aromatic carbocycles. The van der Waals surface area contributed by atoms with Crippen LogP contribution in [0.2, 0.25) is 0 Å². The summed E-state index contributed by atoms with van der Waals surface area (Å²) in [6.07, 6.45) is 85.0. The minimum atomic E-state index is -4.47. The maximum Gasteiger partial charge on any atom is 0.472 e. The van der Waals surface area contributed by atoms with E-state index in [1.807, 2.05) is 33.3 Å². The molecule has 0 aliphatic heterocycles. The van der Waals surface area contributed by atoms with Crippen molar-refractivity contribution >= 4 is 19.7 Å². The van der Waals surface area contributed by atoms with Crippen molar-refractivity contribution in [1.82, 2.24) is 5.32 Å². The maximum absolute atomic E-state index is 13.6. The smallest absolute Gasteiger partial charge is 0.456 e. The number of quaternary nitrogens is 1. The van der Waals surface area contributed by atoms with Crippen LogP contribution >= 0.6 is 7.82 Å². The van der Waals surface area contributed by atoms with E-state index in [9.17, 15) is 19.0 Å². The van der Waals surface area contributed by atoms with E-state index in [0.717, 1.165) is 109 Å². The van der Waals surface area contributed by atoms with Gasteiger partial charge in [-0.15, -0.1) is 0 Å². The Kier molecular flexibility index (Phi) is 57.9. The topological polar surface area (TPSA) is 111 Å². The third-order valence-corrected chi connectivity index (χ3v) is 15.1. The van der Waals surface area contributed by atoms with Crippen molar-refractivity contribution in [3.63, 3.8) is 0 Å². The first-order valence-corrected chi connectivity index (χ1v) is 34.9. The zero-order chi connectivity index (χ0) is 60.0. The first kappa shape index (κ1) is 78.4. The number of carbonyl (C=O) groups is 2. The molecule has 470 valence electrons. The SMILES string of the molecule is CC/C=C\C/C=C\C/C=C\C/C=C\C/C=C\CCCCCCCCCCCCCC(=O)NC(COP(=O)(O)OCC[N+](C)(C)C)C(/C=C\CCCCCCCCCCCC)OC(=O)CCC/C=C\C/C=C\C/C=C\C/C=C\CCCCC. The summed E-state index contributed by atoms with van der Waals surface area (Å²) in [4.78, 5) is 37.8. The van der Waals surface area contributed by atoms with Gasteiger partial charge >= 0.3 is 13.8 Å². The van der Waals surface area contributed by atoms with Gasteiger partial charge in [0.05, 0.1) is 33.8 Å². The number of phosphoric acid groups is 1. The molecule has 0 heterocycles. The maximum atomic E-state index is 13.6. The van der Waals surface area contributed by atoms with Crippen molar-refractivity contribution in [3.05, 3.63) is 122 Å². The highest BCUT2D eigenvalue weighted by molar-refractivity contribution is 7.47. The molecule has 2 N–H and O–H groups in total. The fraction of sp³-hybridized carbons (Fsp3) is 0.694. The molecule has 0 saturated heterocycles. The first-order valence-electron chi connectivity index (χ1n) is 33.4. The van der Waals surface area contributed by atoms with Crippen LogP contribution in [0.15, 0.2) is 122 Å². The zero-order valence-electron chi connectivity index (χ0n) is 53.7. The molecule has 0 aromatic rings. The number of esters is 1. The number of phosphoric ester groups is 1. The molecule has 3 unspecified atom stereocenters. The summed E-state index contributed by atoms with van der Waals surface area (Å²) in [5.41, 5.74) is 0. The van der Waals surface area contributed by atoms with Gasteiger partial charge in [-0.05, 0) is 115 Å². The van der Waals surface area contributed by atoms with Crippen LogP contribution in [0.3, 0.4) is 0 Å². The lowest BCUT2D eigenvalue weighted by Crippen LogP contribution is -2.47. The number of allylic oxidation sites excluding steroid dienone is 19. The Hall–Kier alpha value is -3.59. The molecule has 0 radical (unpaired) electrons. The van der Waals surface area contributed by atoms with E-state index < -0.39 is 20.0 Å². The van der Waals surface area contributed by atoms with Crippen LogP contribution in [0, 0.1) is 0 Å². The molecule has 3 atom stereocenters. The second-order valence-electron chi connectivity index (χ2n) is 23.3. The monoisotopic (exact) mass is 1160 g/mol. The molecule has 9 nitrogen and oxygen atoms in total.